The molecule has 0 aromatic heterocycles. The Balaban J connectivity index is 1.73. The summed E-state index contributed by atoms with van der Waals surface area (Å²) >= 11 is 5.90. The number of carbonyl (C=O) groups excluding carboxylic acids is 2. The highest BCUT2D eigenvalue weighted by Gasteiger charge is 2.21. The summed E-state index contributed by atoms with van der Waals surface area (Å²) in [7, 11) is 0. The molecule has 0 radical (unpaired) electrons. The van der Waals surface area contributed by atoms with Crippen molar-refractivity contribution in [3.63, 3.8) is 0 Å². The number of amides is 2. The van der Waals surface area contributed by atoms with Gasteiger partial charge in [0.15, 0.2) is 0 Å². The number of halogens is 1. The molecule has 0 bridgehead atoms. The molecule has 1 unspecified atom stereocenters. The molecule has 122 valence electrons. The number of hydrazone groups is 1. The summed E-state index contributed by atoms with van der Waals surface area (Å²) in [4.78, 5) is 23.5. The Morgan fingerprint density at radius 2 is 2.00 bits per heavy atom. The van der Waals surface area contributed by atoms with E-state index in [-0.39, 0.29) is 17.7 Å². The molecule has 1 aliphatic rings. The van der Waals surface area contributed by atoms with Crippen LogP contribution in [0.2, 0.25) is 5.02 Å². The SMILES string of the molecule is CC1CC(=O)NN=C1c1ccc(NC(=O)c2cccc(Cl)c2)cc1. The molecule has 0 spiro atoms. The van der Waals surface area contributed by atoms with Gasteiger partial charge in [0.05, 0.1) is 5.71 Å². The summed E-state index contributed by atoms with van der Waals surface area (Å²) in [6.45, 7) is 1.96. The summed E-state index contributed by atoms with van der Waals surface area (Å²) in [5.41, 5.74) is 5.43. The van der Waals surface area contributed by atoms with Crippen LogP contribution < -0.4 is 10.7 Å². The minimum Gasteiger partial charge on any atom is -0.322 e. The summed E-state index contributed by atoms with van der Waals surface area (Å²) in [6.07, 6.45) is 0.423. The van der Waals surface area contributed by atoms with Crippen molar-refractivity contribution >= 4 is 34.8 Å². The first-order valence-corrected chi connectivity index (χ1v) is 7.94. The molecular weight excluding hydrogens is 326 g/mol. The van der Waals surface area contributed by atoms with Gasteiger partial charge in [0, 0.05) is 28.6 Å². The van der Waals surface area contributed by atoms with Gasteiger partial charge in [0.2, 0.25) is 5.91 Å². The minimum atomic E-state index is -0.221. The molecule has 2 aromatic rings. The van der Waals surface area contributed by atoms with Crippen molar-refractivity contribution in [2.24, 2.45) is 11.0 Å². The van der Waals surface area contributed by atoms with Gasteiger partial charge in [0.25, 0.3) is 5.91 Å². The van der Waals surface area contributed by atoms with Crippen LogP contribution in [0.4, 0.5) is 5.69 Å². The van der Waals surface area contributed by atoms with Crippen molar-refractivity contribution in [1.82, 2.24) is 5.43 Å². The Bertz CT molecular complexity index is 815. The van der Waals surface area contributed by atoms with E-state index in [0.717, 1.165) is 11.3 Å². The topological polar surface area (TPSA) is 70.6 Å². The highest BCUT2D eigenvalue weighted by Crippen LogP contribution is 2.19. The molecule has 0 saturated heterocycles. The lowest BCUT2D eigenvalue weighted by atomic mass is 9.94. The molecular formula is C18H16ClN3O2. The van der Waals surface area contributed by atoms with E-state index in [4.69, 9.17) is 11.6 Å². The fourth-order valence-corrected chi connectivity index (χ4v) is 2.75. The van der Waals surface area contributed by atoms with E-state index in [1.54, 1.807) is 24.3 Å². The van der Waals surface area contributed by atoms with Gasteiger partial charge in [0.1, 0.15) is 0 Å². The molecule has 2 N–H and O–H groups in total. The Morgan fingerprint density at radius 3 is 2.67 bits per heavy atom. The highest BCUT2D eigenvalue weighted by molar-refractivity contribution is 6.31. The predicted molar refractivity (Wildman–Crippen MR) is 94.3 cm³/mol. The van der Waals surface area contributed by atoms with Gasteiger partial charge in [-0.2, -0.15) is 5.10 Å². The fourth-order valence-electron chi connectivity index (χ4n) is 2.56. The largest absolute Gasteiger partial charge is 0.322 e. The van der Waals surface area contributed by atoms with E-state index in [9.17, 15) is 9.59 Å². The maximum atomic E-state index is 12.2. The zero-order chi connectivity index (χ0) is 17.1. The molecule has 0 fully saturated rings. The molecule has 1 aliphatic heterocycles. The Kier molecular flexibility index (Phi) is 4.62. The van der Waals surface area contributed by atoms with E-state index in [1.165, 1.54) is 0 Å². The van der Waals surface area contributed by atoms with Crippen LogP contribution in [0.25, 0.3) is 0 Å². The smallest absolute Gasteiger partial charge is 0.255 e. The summed E-state index contributed by atoms with van der Waals surface area (Å²) in [6, 6.07) is 14.1. The van der Waals surface area contributed by atoms with E-state index in [0.29, 0.717) is 22.7 Å². The third-order valence-electron chi connectivity index (χ3n) is 3.78. The summed E-state index contributed by atoms with van der Waals surface area (Å²) < 4.78 is 0. The Hall–Kier alpha value is -2.66. The lowest BCUT2D eigenvalue weighted by molar-refractivity contribution is -0.121. The number of nitrogens with zero attached hydrogens (tertiary/aromatic N) is 1. The van der Waals surface area contributed by atoms with E-state index < -0.39 is 0 Å². The van der Waals surface area contributed by atoms with Gasteiger partial charge in [-0.3, -0.25) is 9.59 Å². The Morgan fingerprint density at radius 1 is 1.25 bits per heavy atom. The molecule has 0 saturated carbocycles. The normalized spacial score (nSPS) is 17.0. The van der Waals surface area contributed by atoms with Crippen molar-refractivity contribution in [3.8, 4) is 0 Å². The molecule has 5 nitrogen and oxygen atoms in total. The second kappa shape index (κ2) is 6.84. The lowest BCUT2D eigenvalue weighted by Gasteiger charge is -2.19. The van der Waals surface area contributed by atoms with Crippen LogP contribution in [0.1, 0.15) is 29.3 Å². The first kappa shape index (κ1) is 16.2. The van der Waals surface area contributed by atoms with Crippen LogP contribution in [0, 0.1) is 5.92 Å². The first-order valence-electron chi connectivity index (χ1n) is 7.57. The number of benzene rings is 2. The average molecular weight is 342 g/mol. The summed E-state index contributed by atoms with van der Waals surface area (Å²) in [5, 5.41) is 7.47. The third-order valence-corrected chi connectivity index (χ3v) is 4.02. The predicted octanol–water partition coefficient (Wildman–Crippen LogP) is 3.45. The highest BCUT2D eigenvalue weighted by atomic mass is 35.5. The van der Waals surface area contributed by atoms with Crippen molar-refractivity contribution in [2.45, 2.75) is 13.3 Å². The van der Waals surface area contributed by atoms with Crippen LogP contribution in [-0.2, 0) is 4.79 Å². The molecule has 1 atom stereocenters. The van der Waals surface area contributed by atoms with E-state index >= 15 is 0 Å². The van der Waals surface area contributed by atoms with Gasteiger partial charge < -0.3 is 5.32 Å². The van der Waals surface area contributed by atoms with Crippen molar-refractivity contribution in [3.05, 3.63) is 64.7 Å². The molecule has 0 aliphatic carbocycles. The molecule has 1 heterocycles. The average Bonchev–Trinajstić information content (AvgIpc) is 2.56. The quantitative estimate of drug-likeness (QED) is 0.897. The van der Waals surface area contributed by atoms with Crippen LogP contribution in [0.3, 0.4) is 0 Å². The number of hydrogen-bond donors (Lipinski definition) is 2. The molecule has 2 aromatic carbocycles. The number of rotatable bonds is 3. The number of anilines is 1. The molecule has 3 rings (SSSR count). The standard InChI is InChI=1S/C18H16ClN3O2/c1-11-9-16(23)21-22-17(11)12-5-7-15(8-6-12)20-18(24)13-3-2-4-14(19)10-13/h2-8,10-11H,9H2,1H3,(H,20,24)(H,21,23). The van der Waals surface area contributed by atoms with Crippen molar-refractivity contribution in [2.75, 3.05) is 5.32 Å². The molecule has 2 amide bonds. The van der Waals surface area contributed by atoms with Gasteiger partial charge in [-0.25, -0.2) is 5.43 Å². The first-order chi connectivity index (χ1) is 11.5. The maximum absolute atomic E-state index is 12.2. The second-order valence-electron chi connectivity index (χ2n) is 5.68. The van der Waals surface area contributed by atoms with Crippen LogP contribution in [0.5, 0.6) is 0 Å². The number of nitrogens with one attached hydrogen (secondary N) is 2. The van der Waals surface area contributed by atoms with Crippen LogP contribution in [-0.4, -0.2) is 17.5 Å². The third kappa shape index (κ3) is 3.63. The van der Waals surface area contributed by atoms with Crippen molar-refractivity contribution in [1.29, 1.82) is 0 Å². The lowest BCUT2D eigenvalue weighted by Crippen LogP contribution is -2.31. The van der Waals surface area contributed by atoms with Crippen molar-refractivity contribution < 1.29 is 9.59 Å². The van der Waals surface area contributed by atoms with Gasteiger partial charge in [-0.15, -0.1) is 0 Å². The number of hydrogen-bond acceptors (Lipinski definition) is 3. The van der Waals surface area contributed by atoms with Gasteiger partial charge >= 0.3 is 0 Å². The molecule has 24 heavy (non-hydrogen) atoms. The van der Waals surface area contributed by atoms with Crippen LogP contribution >= 0.6 is 11.6 Å². The van der Waals surface area contributed by atoms with Gasteiger partial charge in [-0.05, 0) is 35.9 Å². The fraction of sp³-hybridized carbons (Fsp3) is 0.167. The second-order valence-corrected chi connectivity index (χ2v) is 6.12. The van der Waals surface area contributed by atoms with Crippen LogP contribution in [0.15, 0.2) is 53.6 Å². The zero-order valence-corrected chi connectivity index (χ0v) is 13.8. The maximum Gasteiger partial charge on any atom is 0.255 e. The van der Waals surface area contributed by atoms with E-state index in [2.05, 4.69) is 15.8 Å². The minimum absolute atomic E-state index is 0.0608. The summed E-state index contributed by atoms with van der Waals surface area (Å²) in [5.74, 6) is -0.233. The van der Waals surface area contributed by atoms with E-state index in [1.807, 2.05) is 31.2 Å². The Labute approximate surface area is 144 Å². The van der Waals surface area contributed by atoms with Gasteiger partial charge in [-0.1, -0.05) is 36.7 Å². The molecule has 6 heteroatoms. The number of carbonyl (C=O) groups is 2. The zero-order valence-electron chi connectivity index (χ0n) is 13.0. The monoisotopic (exact) mass is 341 g/mol.